The van der Waals surface area contributed by atoms with Crippen molar-refractivity contribution in [3.63, 3.8) is 0 Å². The van der Waals surface area contributed by atoms with Crippen LogP contribution in [0.15, 0.2) is 48.5 Å². The number of nitrogens with zero attached hydrogens (tertiary/aromatic N) is 1. The number of esters is 2. The van der Waals surface area contributed by atoms with Crippen molar-refractivity contribution < 1.29 is 46.6 Å². The first-order chi connectivity index (χ1) is 16.9. The summed E-state index contributed by atoms with van der Waals surface area (Å²) in [5.41, 5.74) is 11.9. The summed E-state index contributed by atoms with van der Waals surface area (Å²) in [4.78, 5) is 40.7. The molecule has 2 aromatic rings. The van der Waals surface area contributed by atoms with Crippen molar-refractivity contribution in [2.24, 2.45) is 11.5 Å². The maximum atomic E-state index is 12.3. The molecule has 36 heavy (non-hydrogen) atoms. The molecule has 3 rings (SSSR count). The van der Waals surface area contributed by atoms with E-state index in [4.69, 9.17) is 38.6 Å². The highest BCUT2D eigenvalue weighted by molar-refractivity contribution is 7.84. The molecule has 2 aromatic carbocycles. The van der Waals surface area contributed by atoms with Crippen LogP contribution in [0, 0.1) is 0 Å². The number of ether oxygens (including phenoxy) is 3. The molecule has 194 valence electrons. The molecule has 0 spiro atoms. The largest absolute Gasteiger partial charge is 0.748 e. The van der Waals surface area contributed by atoms with E-state index >= 15 is 0 Å². The first kappa shape index (κ1) is 28.2. The van der Waals surface area contributed by atoms with Gasteiger partial charge in [0.05, 0.1) is 40.1 Å². The van der Waals surface area contributed by atoms with Crippen LogP contribution in [0.4, 0.5) is 5.69 Å². The van der Waals surface area contributed by atoms with Crippen LogP contribution in [0.5, 0.6) is 5.75 Å². The fraction of sp³-hybridized carbons (Fsp3) is 0.273. The van der Waals surface area contributed by atoms with Gasteiger partial charge in [-0.2, -0.15) is 0 Å². The lowest BCUT2D eigenvalue weighted by molar-refractivity contribution is -0.356. The second kappa shape index (κ2) is 13.2. The molecule has 0 aromatic heterocycles. The van der Waals surface area contributed by atoms with E-state index in [1.807, 2.05) is 0 Å². The van der Waals surface area contributed by atoms with Crippen LogP contribution in [-0.4, -0.2) is 80.8 Å². The van der Waals surface area contributed by atoms with Gasteiger partial charge in [-0.25, -0.2) is 23.0 Å². The highest BCUT2D eigenvalue weighted by Gasteiger charge is 2.19. The molecule has 0 unspecified atom stereocenters. The molecule has 5 N–H and O–H groups in total. The third-order valence-electron chi connectivity index (χ3n) is 4.40. The number of hydrogen-bond acceptors (Lipinski definition) is 9. The third-order valence-corrected chi connectivity index (χ3v) is 4.40. The zero-order valence-electron chi connectivity index (χ0n) is 19.3. The van der Waals surface area contributed by atoms with E-state index in [-0.39, 0.29) is 29.8 Å². The van der Waals surface area contributed by atoms with E-state index in [0.717, 1.165) is 0 Å². The molecule has 0 aliphatic carbocycles. The number of carbonyl (C=O) groups is 3. The average molecular weight is 523 g/mol. The Hall–Kier alpha value is -4.01. The molecule has 13 nitrogen and oxygen atoms in total. The highest BCUT2D eigenvalue weighted by Crippen LogP contribution is 2.16. The van der Waals surface area contributed by atoms with E-state index in [2.05, 4.69) is 4.99 Å². The SMILES string of the molecule is CS(=O)(=O)[O-].NC(N)=[NH+]c1ccc(C(=O)Oc2ccc(C(=O)OCC(=O)N3CCOCC3)cc2)cc1. The Morgan fingerprint density at radius 3 is 2.00 bits per heavy atom. The fourth-order valence-electron chi connectivity index (χ4n) is 2.80. The lowest BCUT2D eigenvalue weighted by atomic mass is 10.2. The molecule has 1 aliphatic rings. The Morgan fingerprint density at radius 2 is 1.47 bits per heavy atom. The molecule has 1 fully saturated rings. The van der Waals surface area contributed by atoms with Gasteiger partial charge in [0.1, 0.15) is 5.75 Å². The van der Waals surface area contributed by atoms with E-state index in [0.29, 0.717) is 43.8 Å². The summed E-state index contributed by atoms with van der Waals surface area (Å²) in [6.07, 6.45) is 0.604. The molecule has 1 saturated heterocycles. The van der Waals surface area contributed by atoms with Gasteiger partial charge in [-0.3, -0.25) is 16.3 Å². The predicted molar refractivity (Wildman–Crippen MR) is 125 cm³/mol. The summed E-state index contributed by atoms with van der Waals surface area (Å²) in [6.45, 7) is 1.57. The minimum Gasteiger partial charge on any atom is -0.748 e. The topological polar surface area (TPSA) is 205 Å². The Bertz CT molecular complexity index is 1180. The number of amides is 1. The van der Waals surface area contributed by atoms with Crippen molar-refractivity contribution in [2.75, 3.05) is 39.2 Å². The van der Waals surface area contributed by atoms with Gasteiger partial charge in [-0.1, -0.05) is 0 Å². The molecule has 1 heterocycles. The van der Waals surface area contributed by atoms with Gasteiger partial charge in [-0.15, -0.1) is 0 Å². The van der Waals surface area contributed by atoms with Gasteiger partial charge in [0.15, 0.2) is 6.61 Å². The van der Waals surface area contributed by atoms with E-state index < -0.39 is 22.1 Å². The van der Waals surface area contributed by atoms with Crippen LogP contribution in [0.3, 0.4) is 0 Å². The summed E-state index contributed by atoms with van der Waals surface area (Å²) < 4.78 is 42.8. The van der Waals surface area contributed by atoms with Crippen molar-refractivity contribution in [2.45, 2.75) is 0 Å². The molecular formula is C22H26N4O9S. The van der Waals surface area contributed by atoms with Crippen LogP contribution >= 0.6 is 0 Å². The van der Waals surface area contributed by atoms with Crippen LogP contribution < -0.4 is 21.2 Å². The van der Waals surface area contributed by atoms with Crippen LogP contribution in [0.1, 0.15) is 20.7 Å². The highest BCUT2D eigenvalue weighted by atomic mass is 32.2. The minimum absolute atomic E-state index is 0.0411. The van der Waals surface area contributed by atoms with E-state index in [1.165, 1.54) is 24.3 Å². The van der Waals surface area contributed by atoms with Gasteiger partial charge < -0.3 is 23.7 Å². The number of benzene rings is 2. The van der Waals surface area contributed by atoms with E-state index in [1.54, 1.807) is 29.2 Å². The second-order valence-corrected chi connectivity index (χ2v) is 8.75. The Labute approximate surface area is 207 Å². The lowest BCUT2D eigenvalue weighted by Crippen LogP contribution is -2.72. The molecule has 0 saturated carbocycles. The van der Waals surface area contributed by atoms with Gasteiger partial charge in [0, 0.05) is 19.3 Å². The zero-order chi connectivity index (χ0) is 26.7. The zero-order valence-corrected chi connectivity index (χ0v) is 20.2. The third kappa shape index (κ3) is 10.5. The van der Waals surface area contributed by atoms with Crippen molar-refractivity contribution in [1.82, 2.24) is 4.90 Å². The Balaban J connectivity index is 0.000000830. The molecule has 1 aliphatic heterocycles. The first-order valence-electron chi connectivity index (χ1n) is 10.4. The summed E-state index contributed by atoms with van der Waals surface area (Å²) >= 11 is 0. The minimum atomic E-state index is -3.92. The second-order valence-electron chi connectivity index (χ2n) is 7.35. The van der Waals surface area contributed by atoms with Crippen LogP contribution in [0.2, 0.25) is 0 Å². The maximum Gasteiger partial charge on any atom is 0.343 e. The molecule has 14 heteroatoms. The standard InChI is InChI=1S/C21H22N4O6.CH4O3S/c22-21(23)24-16-5-1-15(2-6-16)20(28)31-17-7-3-14(4-8-17)19(27)30-13-18(26)25-9-11-29-12-10-25;1-5(2,3)4/h1-8H,9-13H2,(H4,22,23,24);1H3,(H,2,3,4). The quantitative estimate of drug-likeness (QED) is 0.125. The van der Waals surface area contributed by atoms with Gasteiger partial charge in [0.2, 0.25) is 0 Å². The molecule has 0 atom stereocenters. The lowest BCUT2D eigenvalue weighted by Gasteiger charge is -2.26. The summed E-state index contributed by atoms with van der Waals surface area (Å²) in [5, 5.41) is 0. The monoisotopic (exact) mass is 522 g/mol. The molecule has 1 amide bonds. The maximum absolute atomic E-state index is 12.3. The number of nitrogens with one attached hydrogen (secondary N) is 1. The fourth-order valence-corrected chi connectivity index (χ4v) is 2.80. The Morgan fingerprint density at radius 1 is 0.972 bits per heavy atom. The van der Waals surface area contributed by atoms with Crippen molar-refractivity contribution in [3.8, 4) is 5.75 Å². The summed E-state index contributed by atoms with van der Waals surface area (Å²) in [6, 6.07) is 12.2. The number of rotatable bonds is 6. The molecule has 0 radical (unpaired) electrons. The normalized spacial score (nSPS) is 13.0. The number of nitrogens with two attached hydrogens (primary N) is 2. The van der Waals surface area contributed by atoms with Crippen molar-refractivity contribution in [1.29, 1.82) is 0 Å². The average Bonchev–Trinajstić information content (AvgIpc) is 2.82. The smallest absolute Gasteiger partial charge is 0.343 e. The predicted octanol–water partition coefficient (Wildman–Crippen LogP) is -1.93. The van der Waals surface area contributed by atoms with Gasteiger partial charge in [0.25, 0.3) is 5.91 Å². The number of hydrogen-bond donors (Lipinski definition) is 3. The first-order valence-corrected chi connectivity index (χ1v) is 12.2. The van der Waals surface area contributed by atoms with Crippen LogP contribution in [0.25, 0.3) is 0 Å². The molecule has 0 bridgehead atoms. The van der Waals surface area contributed by atoms with Crippen molar-refractivity contribution >= 4 is 39.6 Å². The Kier molecular flexibility index (Phi) is 10.3. The number of guanidine groups is 1. The van der Waals surface area contributed by atoms with E-state index in [9.17, 15) is 14.4 Å². The summed E-state index contributed by atoms with van der Waals surface area (Å²) in [7, 11) is -3.92. The summed E-state index contributed by atoms with van der Waals surface area (Å²) in [5.74, 6) is -1.18. The molecular weight excluding hydrogens is 496 g/mol. The van der Waals surface area contributed by atoms with Gasteiger partial charge in [-0.05, 0) is 48.5 Å². The van der Waals surface area contributed by atoms with Crippen LogP contribution in [-0.2, 0) is 24.4 Å². The van der Waals surface area contributed by atoms with Crippen molar-refractivity contribution in [3.05, 3.63) is 59.7 Å². The number of carbonyl (C=O) groups excluding carboxylic acids is 3. The number of morpholine rings is 1. The van der Waals surface area contributed by atoms with Gasteiger partial charge >= 0.3 is 17.9 Å².